The SMILES string of the molecule is Cc1nc(C2CCCCN2Cc2ccc3[nH]ccc3c2)ncc1C(=O)Nc1ccccc1. The zero-order valence-corrected chi connectivity index (χ0v) is 18.2. The minimum Gasteiger partial charge on any atom is -0.361 e. The van der Waals surface area contributed by atoms with Crippen LogP contribution in [-0.2, 0) is 6.54 Å². The molecule has 6 nitrogen and oxygen atoms in total. The maximum absolute atomic E-state index is 12.7. The highest BCUT2D eigenvalue weighted by atomic mass is 16.1. The molecule has 6 heteroatoms. The summed E-state index contributed by atoms with van der Waals surface area (Å²) in [6.45, 7) is 3.77. The van der Waals surface area contributed by atoms with E-state index < -0.39 is 0 Å². The monoisotopic (exact) mass is 425 g/mol. The average Bonchev–Trinajstić information content (AvgIpc) is 3.28. The highest BCUT2D eigenvalue weighted by Gasteiger charge is 2.27. The molecule has 2 aromatic heterocycles. The molecule has 1 amide bonds. The summed E-state index contributed by atoms with van der Waals surface area (Å²) in [6, 6.07) is 18.3. The van der Waals surface area contributed by atoms with E-state index in [0.717, 1.165) is 43.0 Å². The van der Waals surface area contributed by atoms with Gasteiger partial charge in [0.15, 0.2) is 0 Å². The molecule has 0 saturated carbocycles. The minimum atomic E-state index is -0.180. The number of hydrogen-bond acceptors (Lipinski definition) is 4. The molecule has 1 saturated heterocycles. The smallest absolute Gasteiger partial charge is 0.259 e. The maximum Gasteiger partial charge on any atom is 0.259 e. The number of nitrogens with zero attached hydrogens (tertiary/aromatic N) is 3. The molecule has 1 unspecified atom stereocenters. The number of aryl methyl sites for hydroxylation is 1. The quantitative estimate of drug-likeness (QED) is 0.458. The number of nitrogens with one attached hydrogen (secondary N) is 2. The molecule has 0 spiro atoms. The van der Waals surface area contributed by atoms with E-state index in [1.807, 2.05) is 43.5 Å². The van der Waals surface area contributed by atoms with Gasteiger partial charge in [0.1, 0.15) is 5.82 Å². The Hall–Kier alpha value is -3.51. The molecule has 1 aliphatic heterocycles. The fourth-order valence-corrected chi connectivity index (χ4v) is 4.50. The maximum atomic E-state index is 12.7. The average molecular weight is 426 g/mol. The molecule has 0 radical (unpaired) electrons. The van der Waals surface area contributed by atoms with Crippen molar-refractivity contribution in [1.82, 2.24) is 19.9 Å². The Kier molecular flexibility index (Phi) is 5.69. The van der Waals surface area contributed by atoms with Crippen LogP contribution < -0.4 is 5.32 Å². The van der Waals surface area contributed by atoms with Crippen molar-refractivity contribution in [2.24, 2.45) is 0 Å². The molecule has 0 bridgehead atoms. The molecule has 1 fully saturated rings. The first-order valence-electron chi connectivity index (χ1n) is 11.2. The lowest BCUT2D eigenvalue weighted by Gasteiger charge is -2.35. The fourth-order valence-electron chi connectivity index (χ4n) is 4.50. The fraction of sp³-hybridized carbons (Fsp3) is 0.269. The van der Waals surface area contributed by atoms with Crippen LogP contribution in [0.25, 0.3) is 10.9 Å². The van der Waals surface area contributed by atoms with Gasteiger partial charge >= 0.3 is 0 Å². The Balaban J connectivity index is 1.34. The van der Waals surface area contributed by atoms with E-state index in [1.165, 1.54) is 17.4 Å². The van der Waals surface area contributed by atoms with Gasteiger partial charge in [0, 0.05) is 30.1 Å². The molecular formula is C26H27N5O. The highest BCUT2D eigenvalue weighted by molar-refractivity contribution is 6.04. The lowest BCUT2D eigenvalue weighted by atomic mass is 10.00. The Morgan fingerprint density at radius 2 is 2.03 bits per heavy atom. The first kappa shape index (κ1) is 20.4. The standard InChI is InChI=1S/C26H27N5O/c1-18-22(26(32)30-21-7-3-2-4-8-21)16-28-25(29-18)24-9-5-6-14-31(24)17-19-10-11-23-20(15-19)12-13-27-23/h2-4,7-8,10-13,15-16,24,27H,5-6,9,14,17H2,1H3,(H,30,32). The zero-order valence-electron chi connectivity index (χ0n) is 18.2. The number of piperidine rings is 1. The van der Waals surface area contributed by atoms with E-state index in [-0.39, 0.29) is 11.9 Å². The Labute approximate surface area is 187 Å². The van der Waals surface area contributed by atoms with E-state index in [1.54, 1.807) is 6.20 Å². The van der Waals surface area contributed by atoms with Gasteiger partial charge in [0.2, 0.25) is 0 Å². The van der Waals surface area contributed by atoms with Gasteiger partial charge in [-0.2, -0.15) is 0 Å². The van der Waals surface area contributed by atoms with Gasteiger partial charge in [0.25, 0.3) is 5.91 Å². The summed E-state index contributed by atoms with van der Waals surface area (Å²) in [7, 11) is 0. The van der Waals surface area contributed by atoms with Crippen LogP contribution in [-0.4, -0.2) is 32.3 Å². The van der Waals surface area contributed by atoms with E-state index in [4.69, 9.17) is 4.98 Å². The third-order valence-electron chi connectivity index (χ3n) is 6.19. The normalized spacial score (nSPS) is 16.8. The van der Waals surface area contributed by atoms with E-state index in [2.05, 4.69) is 44.5 Å². The van der Waals surface area contributed by atoms with Gasteiger partial charge < -0.3 is 10.3 Å². The first-order chi connectivity index (χ1) is 15.7. The van der Waals surface area contributed by atoms with Crippen molar-refractivity contribution >= 4 is 22.5 Å². The lowest BCUT2D eigenvalue weighted by Crippen LogP contribution is -2.34. The van der Waals surface area contributed by atoms with Crippen molar-refractivity contribution in [3.05, 3.63) is 89.6 Å². The third-order valence-corrected chi connectivity index (χ3v) is 6.19. The largest absolute Gasteiger partial charge is 0.361 e. The zero-order chi connectivity index (χ0) is 21.9. The number of fused-ring (bicyclic) bond motifs is 1. The summed E-state index contributed by atoms with van der Waals surface area (Å²) in [5.41, 5.74) is 4.44. The van der Waals surface area contributed by atoms with Crippen LogP contribution in [0.2, 0.25) is 0 Å². The van der Waals surface area contributed by atoms with Crippen LogP contribution in [0.1, 0.15) is 52.7 Å². The summed E-state index contributed by atoms with van der Waals surface area (Å²) in [6.07, 6.45) is 7.02. The molecule has 4 aromatic rings. The molecule has 1 atom stereocenters. The van der Waals surface area contributed by atoms with Crippen molar-refractivity contribution < 1.29 is 4.79 Å². The second-order valence-electron chi connectivity index (χ2n) is 8.43. The second kappa shape index (κ2) is 8.93. The summed E-state index contributed by atoms with van der Waals surface area (Å²) in [5, 5.41) is 4.15. The molecule has 2 aromatic carbocycles. The topological polar surface area (TPSA) is 73.9 Å². The van der Waals surface area contributed by atoms with E-state index >= 15 is 0 Å². The van der Waals surface area contributed by atoms with Crippen molar-refractivity contribution in [2.75, 3.05) is 11.9 Å². The van der Waals surface area contributed by atoms with Crippen LogP contribution in [0.3, 0.4) is 0 Å². The molecule has 2 N–H and O–H groups in total. The number of aromatic nitrogens is 3. The number of aromatic amines is 1. The van der Waals surface area contributed by atoms with Gasteiger partial charge in [-0.15, -0.1) is 0 Å². The Morgan fingerprint density at radius 3 is 2.88 bits per heavy atom. The number of amides is 1. The Bertz CT molecular complexity index is 1230. The summed E-state index contributed by atoms with van der Waals surface area (Å²) >= 11 is 0. The van der Waals surface area contributed by atoms with Crippen molar-refractivity contribution in [3.8, 4) is 0 Å². The minimum absolute atomic E-state index is 0.163. The van der Waals surface area contributed by atoms with Crippen LogP contribution in [0.5, 0.6) is 0 Å². The highest BCUT2D eigenvalue weighted by Crippen LogP contribution is 2.31. The number of para-hydroxylation sites is 1. The molecule has 162 valence electrons. The number of carbonyl (C=O) groups is 1. The number of likely N-dealkylation sites (tertiary alicyclic amines) is 1. The van der Waals surface area contributed by atoms with Gasteiger partial charge in [-0.05, 0) is 67.6 Å². The molecule has 5 rings (SSSR count). The number of carbonyl (C=O) groups excluding carboxylic acids is 1. The number of anilines is 1. The van der Waals surface area contributed by atoms with Gasteiger partial charge in [-0.3, -0.25) is 9.69 Å². The van der Waals surface area contributed by atoms with Gasteiger partial charge in [-0.1, -0.05) is 30.7 Å². The second-order valence-corrected chi connectivity index (χ2v) is 8.43. The summed E-state index contributed by atoms with van der Waals surface area (Å²) < 4.78 is 0. The van der Waals surface area contributed by atoms with Crippen molar-refractivity contribution in [2.45, 2.75) is 38.8 Å². The van der Waals surface area contributed by atoms with Crippen molar-refractivity contribution in [3.63, 3.8) is 0 Å². The first-order valence-corrected chi connectivity index (χ1v) is 11.2. The molecular weight excluding hydrogens is 398 g/mol. The lowest BCUT2D eigenvalue weighted by molar-refractivity contribution is 0.102. The molecule has 32 heavy (non-hydrogen) atoms. The molecule has 0 aliphatic carbocycles. The van der Waals surface area contributed by atoms with Gasteiger partial charge in [0.05, 0.1) is 17.3 Å². The predicted molar refractivity (Wildman–Crippen MR) is 126 cm³/mol. The number of hydrogen-bond donors (Lipinski definition) is 2. The number of H-pyrrole nitrogens is 1. The number of benzene rings is 2. The summed E-state index contributed by atoms with van der Waals surface area (Å²) in [4.78, 5) is 27.8. The number of rotatable bonds is 5. The summed E-state index contributed by atoms with van der Waals surface area (Å²) in [5.74, 6) is 0.627. The van der Waals surface area contributed by atoms with Crippen LogP contribution in [0.15, 0.2) is 67.0 Å². The molecule has 3 heterocycles. The predicted octanol–water partition coefficient (Wildman–Crippen LogP) is 5.25. The molecule has 1 aliphatic rings. The van der Waals surface area contributed by atoms with Crippen LogP contribution >= 0.6 is 0 Å². The van der Waals surface area contributed by atoms with E-state index in [0.29, 0.717) is 11.3 Å². The van der Waals surface area contributed by atoms with Crippen LogP contribution in [0.4, 0.5) is 5.69 Å². The third kappa shape index (κ3) is 4.27. The van der Waals surface area contributed by atoms with E-state index in [9.17, 15) is 4.79 Å². The van der Waals surface area contributed by atoms with Gasteiger partial charge in [-0.25, -0.2) is 9.97 Å². The van der Waals surface area contributed by atoms with Crippen molar-refractivity contribution in [1.29, 1.82) is 0 Å². The Morgan fingerprint density at radius 1 is 1.16 bits per heavy atom. The van der Waals surface area contributed by atoms with Crippen LogP contribution in [0, 0.1) is 6.92 Å².